The third-order valence-corrected chi connectivity index (χ3v) is 3.31. The molecule has 21 heavy (non-hydrogen) atoms. The molecule has 1 aliphatic rings. The molecule has 1 amide bonds. The summed E-state index contributed by atoms with van der Waals surface area (Å²) in [5.74, 6) is 0.227. The van der Waals surface area contributed by atoms with Crippen LogP contribution in [0.5, 0.6) is 0 Å². The lowest BCUT2D eigenvalue weighted by molar-refractivity contribution is -0.121. The molecule has 1 fully saturated rings. The highest BCUT2D eigenvalue weighted by molar-refractivity contribution is 5.81. The first-order valence-electron chi connectivity index (χ1n) is 7.95. The predicted octanol–water partition coefficient (Wildman–Crippen LogP) is 2.93. The van der Waals surface area contributed by atoms with Crippen molar-refractivity contribution in [2.45, 2.75) is 60.0 Å². The lowest BCUT2D eigenvalue weighted by atomic mass is 10.1. The summed E-state index contributed by atoms with van der Waals surface area (Å²) >= 11 is 0. The Hall–Kier alpha value is -1.10. The van der Waals surface area contributed by atoms with Gasteiger partial charge in [0.05, 0.1) is 0 Å². The standard InChI is InChI=1S/C10H17NO3.C6H15N/c1-10(2,3)14-9(13)11-6-4-8(12)5-7-11;1-4-7(5-2)6-3/h4-7H2,1-3H3;4-6H2,1-3H3. The Labute approximate surface area is 129 Å². The lowest BCUT2D eigenvalue weighted by Gasteiger charge is -2.29. The molecule has 1 saturated heterocycles. The molecule has 0 atom stereocenters. The van der Waals surface area contributed by atoms with Gasteiger partial charge in [-0.1, -0.05) is 20.8 Å². The Morgan fingerprint density at radius 3 is 1.81 bits per heavy atom. The van der Waals surface area contributed by atoms with Crippen LogP contribution in [0.25, 0.3) is 0 Å². The summed E-state index contributed by atoms with van der Waals surface area (Å²) in [4.78, 5) is 26.4. The molecule has 1 heterocycles. The van der Waals surface area contributed by atoms with E-state index >= 15 is 0 Å². The van der Waals surface area contributed by atoms with Gasteiger partial charge in [0.15, 0.2) is 0 Å². The molecule has 0 N–H and O–H groups in total. The minimum Gasteiger partial charge on any atom is -0.444 e. The molecule has 1 rings (SSSR count). The van der Waals surface area contributed by atoms with E-state index in [1.54, 1.807) is 4.90 Å². The molecule has 0 spiro atoms. The number of hydrogen-bond donors (Lipinski definition) is 0. The quantitative estimate of drug-likeness (QED) is 0.804. The van der Waals surface area contributed by atoms with Crippen molar-refractivity contribution >= 4 is 11.9 Å². The number of nitrogens with zero attached hydrogens (tertiary/aromatic N) is 2. The molecule has 124 valence electrons. The number of piperidine rings is 1. The number of carbonyl (C=O) groups excluding carboxylic acids is 2. The van der Waals surface area contributed by atoms with Crippen molar-refractivity contribution in [2.75, 3.05) is 32.7 Å². The highest BCUT2D eigenvalue weighted by Crippen LogP contribution is 2.13. The molecule has 0 radical (unpaired) electrons. The Morgan fingerprint density at radius 1 is 1.10 bits per heavy atom. The van der Waals surface area contributed by atoms with Crippen molar-refractivity contribution in [3.05, 3.63) is 0 Å². The van der Waals surface area contributed by atoms with E-state index in [-0.39, 0.29) is 11.9 Å². The topological polar surface area (TPSA) is 49.9 Å². The van der Waals surface area contributed by atoms with Gasteiger partial charge in [-0.3, -0.25) is 4.79 Å². The van der Waals surface area contributed by atoms with Crippen LogP contribution in [0.4, 0.5) is 4.79 Å². The molecule has 0 aromatic carbocycles. The lowest BCUT2D eigenvalue weighted by Crippen LogP contribution is -2.41. The molecule has 0 unspecified atom stereocenters. The van der Waals surface area contributed by atoms with Crippen LogP contribution in [0.15, 0.2) is 0 Å². The second-order valence-electron chi connectivity index (χ2n) is 6.13. The van der Waals surface area contributed by atoms with Gasteiger partial charge in [0, 0.05) is 25.9 Å². The highest BCUT2D eigenvalue weighted by Gasteiger charge is 2.25. The summed E-state index contributed by atoms with van der Waals surface area (Å²) in [5.41, 5.74) is -0.460. The van der Waals surface area contributed by atoms with Gasteiger partial charge in [-0.2, -0.15) is 0 Å². The molecular weight excluding hydrogens is 268 g/mol. The molecule has 0 aromatic heterocycles. The molecule has 1 aliphatic heterocycles. The van der Waals surface area contributed by atoms with Gasteiger partial charge < -0.3 is 14.5 Å². The summed E-state index contributed by atoms with van der Waals surface area (Å²) in [7, 11) is 0. The fourth-order valence-electron chi connectivity index (χ4n) is 1.94. The second kappa shape index (κ2) is 9.77. The third-order valence-electron chi connectivity index (χ3n) is 3.31. The number of likely N-dealkylation sites (tertiary alicyclic amines) is 1. The van der Waals surface area contributed by atoms with E-state index in [0.717, 1.165) is 0 Å². The van der Waals surface area contributed by atoms with Crippen molar-refractivity contribution in [1.82, 2.24) is 9.80 Å². The first-order chi connectivity index (χ1) is 9.73. The van der Waals surface area contributed by atoms with E-state index in [4.69, 9.17) is 4.74 Å². The maximum Gasteiger partial charge on any atom is 0.410 e. The normalized spacial score (nSPS) is 15.6. The van der Waals surface area contributed by atoms with Crippen LogP contribution >= 0.6 is 0 Å². The van der Waals surface area contributed by atoms with Crippen molar-refractivity contribution in [3.8, 4) is 0 Å². The molecule has 0 bridgehead atoms. The number of amides is 1. The number of Topliss-reactive ketones (excluding diaryl/α,β-unsaturated/α-hetero) is 1. The predicted molar refractivity (Wildman–Crippen MR) is 85.5 cm³/mol. The molecule has 0 aliphatic carbocycles. The van der Waals surface area contributed by atoms with Gasteiger partial charge in [0.1, 0.15) is 11.4 Å². The SMILES string of the molecule is CC(C)(C)OC(=O)N1CCC(=O)CC1.CCN(CC)CC. The van der Waals surface area contributed by atoms with E-state index in [1.807, 2.05) is 20.8 Å². The maximum absolute atomic E-state index is 11.5. The van der Waals surface area contributed by atoms with Crippen LogP contribution < -0.4 is 0 Å². The molecule has 0 saturated carbocycles. The fourth-order valence-corrected chi connectivity index (χ4v) is 1.94. The Bertz CT molecular complexity index is 304. The summed E-state index contributed by atoms with van der Waals surface area (Å²) < 4.78 is 5.19. The summed E-state index contributed by atoms with van der Waals surface area (Å²) in [6.45, 7) is 16.6. The van der Waals surface area contributed by atoms with Crippen LogP contribution in [-0.4, -0.2) is 60.0 Å². The maximum atomic E-state index is 11.5. The molecule has 5 heteroatoms. The monoisotopic (exact) mass is 300 g/mol. The summed E-state index contributed by atoms with van der Waals surface area (Å²) in [6.07, 6.45) is 0.600. The van der Waals surface area contributed by atoms with Crippen LogP contribution in [-0.2, 0) is 9.53 Å². The number of hydrogen-bond acceptors (Lipinski definition) is 4. The van der Waals surface area contributed by atoms with Crippen molar-refractivity contribution in [3.63, 3.8) is 0 Å². The zero-order chi connectivity index (χ0) is 16.5. The second-order valence-corrected chi connectivity index (χ2v) is 6.13. The summed E-state index contributed by atoms with van der Waals surface area (Å²) in [6, 6.07) is 0. The Balaban J connectivity index is 0.000000486. The van der Waals surface area contributed by atoms with E-state index in [1.165, 1.54) is 19.6 Å². The van der Waals surface area contributed by atoms with Crippen LogP contribution in [0, 0.1) is 0 Å². The minimum absolute atomic E-state index is 0.227. The van der Waals surface area contributed by atoms with E-state index in [0.29, 0.717) is 25.9 Å². The van der Waals surface area contributed by atoms with Gasteiger partial charge in [0.25, 0.3) is 0 Å². The van der Waals surface area contributed by atoms with E-state index in [2.05, 4.69) is 25.7 Å². The molecule has 0 aromatic rings. The fraction of sp³-hybridized carbons (Fsp3) is 0.875. The average Bonchev–Trinajstić information content (AvgIpc) is 2.40. The van der Waals surface area contributed by atoms with Crippen molar-refractivity contribution in [2.24, 2.45) is 0 Å². The Kier molecular flexibility index (Phi) is 9.26. The van der Waals surface area contributed by atoms with Crippen LogP contribution in [0.1, 0.15) is 54.4 Å². The van der Waals surface area contributed by atoms with Gasteiger partial charge in [-0.25, -0.2) is 4.79 Å². The largest absolute Gasteiger partial charge is 0.444 e. The molecular formula is C16H32N2O3. The Morgan fingerprint density at radius 2 is 1.52 bits per heavy atom. The van der Waals surface area contributed by atoms with Crippen LogP contribution in [0.2, 0.25) is 0 Å². The number of carbonyl (C=O) groups is 2. The van der Waals surface area contributed by atoms with Crippen LogP contribution in [0.3, 0.4) is 0 Å². The van der Waals surface area contributed by atoms with Crippen molar-refractivity contribution in [1.29, 1.82) is 0 Å². The first kappa shape index (κ1) is 19.9. The van der Waals surface area contributed by atoms with E-state index < -0.39 is 5.60 Å². The number of ether oxygens (including phenoxy) is 1. The number of rotatable bonds is 3. The highest BCUT2D eigenvalue weighted by atomic mass is 16.6. The zero-order valence-electron chi connectivity index (χ0n) is 14.6. The summed E-state index contributed by atoms with van der Waals surface area (Å²) in [5, 5.41) is 0. The van der Waals surface area contributed by atoms with E-state index in [9.17, 15) is 9.59 Å². The smallest absolute Gasteiger partial charge is 0.410 e. The minimum atomic E-state index is -0.460. The average molecular weight is 300 g/mol. The van der Waals surface area contributed by atoms with Crippen molar-refractivity contribution < 1.29 is 14.3 Å². The van der Waals surface area contributed by atoms with Gasteiger partial charge in [0.2, 0.25) is 0 Å². The first-order valence-corrected chi connectivity index (χ1v) is 7.95. The van der Waals surface area contributed by atoms with Gasteiger partial charge >= 0.3 is 6.09 Å². The third kappa shape index (κ3) is 9.45. The van der Waals surface area contributed by atoms with Gasteiger partial charge in [-0.05, 0) is 40.4 Å². The zero-order valence-corrected chi connectivity index (χ0v) is 14.6. The molecule has 5 nitrogen and oxygen atoms in total. The number of ketones is 1. The van der Waals surface area contributed by atoms with Gasteiger partial charge in [-0.15, -0.1) is 0 Å².